The van der Waals surface area contributed by atoms with Crippen molar-refractivity contribution in [2.75, 3.05) is 0 Å². The molecule has 0 heterocycles. The second-order valence-electron chi connectivity index (χ2n) is 3.83. The van der Waals surface area contributed by atoms with E-state index in [1.54, 1.807) is 0 Å². The van der Waals surface area contributed by atoms with Crippen molar-refractivity contribution < 1.29 is 9.18 Å². The van der Waals surface area contributed by atoms with E-state index in [1.165, 1.54) is 6.07 Å². The van der Waals surface area contributed by atoms with Crippen LogP contribution in [0.1, 0.15) is 36.0 Å². The molecule has 0 saturated carbocycles. The molecule has 0 N–H and O–H groups in total. The molecule has 0 fully saturated rings. The van der Waals surface area contributed by atoms with Gasteiger partial charge in [0.2, 0.25) is 0 Å². The Kier molecular flexibility index (Phi) is 4.03. The molecule has 1 nitrogen and oxygen atoms in total. The summed E-state index contributed by atoms with van der Waals surface area (Å²) >= 11 is 3.24. The Labute approximate surface area is 97.8 Å². The minimum Gasteiger partial charge on any atom is -0.303 e. The Hall–Kier alpha value is -0.700. The monoisotopic (exact) mass is 272 g/mol. The van der Waals surface area contributed by atoms with Gasteiger partial charge in [-0.1, -0.05) is 6.92 Å². The highest BCUT2D eigenvalue weighted by atomic mass is 79.9. The second kappa shape index (κ2) is 4.88. The number of benzene rings is 1. The van der Waals surface area contributed by atoms with E-state index < -0.39 is 0 Å². The van der Waals surface area contributed by atoms with Crippen LogP contribution < -0.4 is 0 Å². The fourth-order valence-corrected chi connectivity index (χ4v) is 2.52. The second-order valence-corrected chi connectivity index (χ2v) is 4.62. The van der Waals surface area contributed by atoms with Gasteiger partial charge in [0, 0.05) is 6.42 Å². The van der Waals surface area contributed by atoms with Crippen LogP contribution in [0, 0.1) is 19.7 Å². The Morgan fingerprint density at radius 2 is 2.13 bits per heavy atom. The summed E-state index contributed by atoms with van der Waals surface area (Å²) in [4.78, 5) is 10.5. The van der Waals surface area contributed by atoms with Gasteiger partial charge in [-0.2, -0.15) is 0 Å². The van der Waals surface area contributed by atoms with E-state index in [0.29, 0.717) is 10.9 Å². The van der Waals surface area contributed by atoms with E-state index in [9.17, 15) is 9.18 Å². The zero-order chi connectivity index (χ0) is 11.6. The summed E-state index contributed by atoms with van der Waals surface area (Å²) in [6.45, 7) is 5.76. The highest BCUT2D eigenvalue weighted by Crippen LogP contribution is 2.33. The fourth-order valence-electron chi connectivity index (χ4n) is 1.72. The van der Waals surface area contributed by atoms with Crippen molar-refractivity contribution in [2.45, 2.75) is 33.1 Å². The van der Waals surface area contributed by atoms with Crippen molar-refractivity contribution in [1.29, 1.82) is 0 Å². The van der Waals surface area contributed by atoms with Gasteiger partial charge in [0.15, 0.2) is 0 Å². The molecule has 1 atom stereocenters. The minimum atomic E-state index is -0.258. The Bertz CT molecular complexity index is 361. The number of aldehydes is 1. The lowest BCUT2D eigenvalue weighted by Gasteiger charge is -2.17. The molecule has 0 amide bonds. The van der Waals surface area contributed by atoms with Crippen LogP contribution in [0.3, 0.4) is 0 Å². The fraction of sp³-hybridized carbons (Fsp3) is 0.417. The Morgan fingerprint density at radius 3 is 2.67 bits per heavy atom. The largest absolute Gasteiger partial charge is 0.303 e. The van der Waals surface area contributed by atoms with Gasteiger partial charge in [-0.3, -0.25) is 0 Å². The average molecular weight is 273 g/mol. The summed E-state index contributed by atoms with van der Waals surface area (Å²) in [5.41, 5.74) is 2.88. The summed E-state index contributed by atoms with van der Waals surface area (Å²) in [5.74, 6) is -0.211. The molecule has 0 radical (unpaired) electrons. The number of hydrogen-bond donors (Lipinski definition) is 0. The maximum Gasteiger partial charge on any atom is 0.137 e. The SMILES string of the molecule is Cc1cc(F)c(Br)c(C(C)CC=O)c1C. The zero-order valence-electron chi connectivity index (χ0n) is 9.10. The first-order chi connectivity index (χ1) is 6.99. The number of aryl methyl sites for hydroxylation is 1. The summed E-state index contributed by atoms with van der Waals surface area (Å²) < 4.78 is 14.0. The van der Waals surface area contributed by atoms with Gasteiger partial charge >= 0.3 is 0 Å². The molecule has 0 aromatic heterocycles. The van der Waals surface area contributed by atoms with Crippen LogP contribution in [-0.2, 0) is 4.79 Å². The molecule has 0 spiro atoms. The van der Waals surface area contributed by atoms with Crippen molar-refractivity contribution in [1.82, 2.24) is 0 Å². The van der Waals surface area contributed by atoms with Crippen LogP contribution in [0.2, 0.25) is 0 Å². The number of carbonyl (C=O) groups excluding carboxylic acids is 1. The average Bonchev–Trinajstić information content (AvgIpc) is 2.16. The third-order valence-electron chi connectivity index (χ3n) is 2.73. The van der Waals surface area contributed by atoms with Crippen LogP contribution in [0.4, 0.5) is 4.39 Å². The maximum atomic E-state index is 13.5. The highest BCUT2D eigenvalue weighted by Gasteiger charge is 2.16. The highest BCUT2D eigenvalue weighted by molar-refractivity contribution is 9.10. The first kappa shape index (κ1) is 12.4. The number of halogens is 2. The third-order valence-corrected chi connectivity index (χ3v) is 3.53. The lowest BCUT2D eigenvalue weighted by molar-refractivity contribution is -0.108. The van der Waals surface area contributed by atoms with Crippen molar-refractivity contribution >= 4 is 22.2 Å². The molecule has 0 saturated heterocycles. The molecule has 0 aliphatic carbocycles. The van der Waals surface area contributed by atoms with Crippen molar-refractivity contribution in [3.05, 3.63) is 33.0 Å². The topological polar surface area (TPSA) is 17.1 Å². The van der Waals surface area contributed by atoms with Gasteiger partial charge in [-0.15, -0.1) is 0 Å². The molecule has 82 valence electrons. The predicted octanol–water partition coefficient (Wildman–Crippen LogP) is 3.90. The number of hydrogen-bond acceptors (Lipinski definition) is 1. The lowest BCUT2D eigenvalue weighted by atomic mass is 9.91. The van der Waals surface area contributed by atoms with Gasteiger partial charge in [-0.25, -0.2) is 4.39 Å². The van der Waals surface area contributed by atoms with Crippen LogP contribution in [0.15, 0.2) is 10.5 Å². The van der Waals surface area contributed by atoms with Crippen LogP contribution >= 0.6 is 15.9 Å². The molecule has 1 aromatic carbocycles. The van der Waals surface area contributed by atoms with Gasteiger partial charge in [-0.05, 0) is 58.5 Å². The molecule has 0 aliphatic heterocycles. The van der Waals surface area contributed by atoms with E-state index in [4.69, 9.17) is 0 Å². The molecule has 3 heteroatoms. The van der Waals surface area contributed by atoms with Gasteiger partial charge in [0.1, 0.15) is 12.1 Å². The predicted molar refractivity (Wildman–Crippen MR) is 62.7 cm³/mol. The molecule has 0 aliphatic rings. The van der Waals surface area contributed by atoms with Gasteiger partial charge in [0.25, 0.3) is 0 Å². The number of carbonyl (C=O) groups is 1. The molecule has 1 aromatic rings. The smallest absolute Gasteiger partial charge is 0.137 e. The lowest BCUT2D eigenvalue weighted by Crippen LogP contribution is -2.02. The molecular formula is C12H14BrFO. The van der Waals surface area contributed by atoms with Crippen LogP contribution in [0.25, 0.3) is 0 Å². The first-order valence-corrected chi connectivity index (χ1v) is 5.67. The van der Waals surface area contributed by atoms with E-state index >= 15 is 0 Å². The van der Waals surface area contributed by atoms with E-state index in [-0.39, 0.29) is 11.7 Å². The van der Waals surface area contributed by atoms with E-state index in [0.717, 1.165) is 23.0 Å². The van der Waals surface area contributed by atoms with Crippen LogP contribution in [0.5, 0.6) is 0 Å². The molecule has 15 heavy (non-hydrogen) atoms. The third kappa shape index (κ3) is 2.46. The normalized spacial score (nSPS) is 12.6. The maximum absolute atomic E-state index is 13.5. The standard InChI is InChI=1S/C12H14BrFO/c1-7(4-5-15)11-9(3)8(2)6-10(14)12(11)13/h5-7H,4H2,1-3H3. The molecule has 1 unspecified atom stereocenters. The van der Waals surface area contributed by atoms with Gasteiger partial charge in [0.05, 0.1) is 4.47 Å². The van der Waals surface area contributed by atoms with E-state index in [1.807, 2.05) is 20.8 Å². The summed E-state index contributed by atoms with van der Waals surface area (Å²) in [7, 11) is 0. The molecule has 0 bridgehead atoms. The summed E-state index contributed by atoms with van der Waals surface area (Å²) in [5, 5.41) is 0. The summed E-state index contributed by atoms with van der Waals surface area (Å²) in [6, 6.07) is 1.51. The minimum absolute atomic E-state index is 0.0475. The van der Waals surface area contributed by atoms with Crippen molar-refractivity contribution in [2.24, 2.45) is 0 Å². The molecule has 1 rings (SSSR count). The van der Waals surface area contributed by atoms with Crippen molar-refractivity contribution in [3.63, 3.8) is 0 Å². The first-order valence-electron chi connectivity index (χ1n) is 4.87. The Balaban J connectivity index is 3.31. The van der Waals surface area contributed by atoms with Gasteiger partial charge < -0.3 is 4.79 Å². The Morgan fingerprint density at radius 1 is 1.53 bits per heavy atom. The van der Waals surface area contributed by atoms with E-state index in [2.05, 4.69) is 15.9 Å². The van der Waals surface area contributed by atoms with Crippen LogP contribution in [-0.4, -0.2) is 6.29 Å². The quantitative estimate of drug-likeness (QED) is 0.763. The summed E-state index contributed by atoms with van der Waals surface area (Å²) in [6.07, 6.45) is 1.29. The zero-order valence-corrected chi connectivity index (χ0v) is 10.7. The van der Waals surface area contributed by atoms with Crippen molar-refractivity contribution in [3.8, 4) is 0 Å². The number of rotatable bonds is 3. The molecular weight excluding hydrogens is 259 g/mol.